The first kappa shape index (κ1) is 17.1. The van der Waals surface area contributed by atoms with Crippen molar-refractivity contribution in [3.05, 3.63) is 16.1 Å². The number of aromatic nitrogens is 1. The number of nitrogens with one attached hydrogen (secondary N) is 2. The van der Waals surface area contributed by atoms with Crippen molar-refractivity contribution in [1.82, 2.24) is 15.6 Å². The summed E-state index contributed by atoms with van der Waals surface area (Å²) in [6.45, 7) is 4.98. The van der Waals surface area contributed by atoms with Gasteiger partial charge in [-0.1, -0.05) is 13.3 Å². The molecule has 124 valence electrons. The van der Waals surface area contributed by atoms with Gasteiger partial charge in [-0.2, -0.15) is 13.2 Å². The van der Waals surface area contributed by atoms with E-state index >= 15 is 0 Å². The van der Waals surface area contributed by atoms with Gasteiger partial charge in [0.25, 0.3) is 0 Å². The lowest BCUT2D eigenvalue weighted by Crippen LogP contribution is -2.39. The van der Waals surface area contributed by atoms with Crippen LogP contribution < -0.4 is 10.6 Å². The van der Waals surface area contributed by atoms with Gasteiger partial charge >= 0.3 is 6.18 Å². The molecular weight excluding hydrogens is 313 g/mol. The zero-order valence-corrected chi connectivity index (χ0v) is 13.5. The molecule has 0 aliphatic heterocycles. The molecule has 2 rings (SSSR count). The summed E-state index contributed by atoms with van der Waals surface area (Å²) in [4.78, 5) is 7.91. The topological polar surface area (TPSA) is 49.3 Å². The molecule has 2 atom stereocenters. The highest BCUT2D eigenvalue weighted by Crippen LogP contribution is 2.34. The van der Waals surface area contributed by atoms with Crippen LogP contribution in [-0.2, 0) is 12.7 Å². The average Bonchev–Trinajstić information content (AvgIpc) is 2.99. The Balaban J connectivity index is 1.91. The van der Waals surface area contributed by atoms with Gasteiger partial charge in [0, 0.05) is 18.0 Å². The number of rotatable bonds is 6. The number of thiazole rings is 1. The van der Waals surface area contributed by atoms with E-state index in [0.29, 0.717) is 29.5 Å². The van der Waals surface area contributed by atoms with Gasteiger partial charge in [0.05, 0.1) is 6.54 Å². The van der Waals surface area contributed by atoms with E-state index in [4.69, 9.17) is 0 Å². The van der Waals surface area contributed by atoms with E-state index in [-0.39, 0.29) is 6.54 Å². The third-order valence-corrected chi connectivity index (χ3v) is 4.30. The van der Waals surface area contributed by atoms with Crippen LogP contribution in [0.4, 0.5) is 13.2 Å². The second-order valence-corrected chi connectivity index (χ2v) is 6.30. The smallest absolute Gasteiger partial charge is 0.357 e. The van der Waals surface area contributed by atoms with Crippen molar-refractivity contribution >= 4 is 17.3 Å². The molecule has 1 saturated carbocycles. The molecule has 1 aromatic heterocycles. The maximum absolute atomic E-state index is 12.5. The molecule has 0 spiro atoms. The Kier molecular flexibility index (Phi) is 5.66. The lowest BCUT2D eigenvalue weighted by Gasteiger charge is -2.10. The summed E-state index contributed by atoms with van der Waals surface area (Å²) < 4.78 is 37.5. The van der Waals surface area contributed by atoms with E-state index in [1.165, 1.54) is 6.42 Å². The number of nitrogens with zero attached hydrogens (tertiary/aromatic N) is 2. The van der Waals surface area contributed by atoms with Gasteiger partial charge in [-0.05, 0) is 25.7 Å². The highest BCUT2D eigenvalue weighted by Gasteiger charge is 2.36. The number of hydrogen-bond acceptors (Lipinski definition) is 3. The third kappa shape index (κ3) is 4.86. The number of halogens is 3. The molecule has 0 amide bonds. The van der Waals surface area contributed by atoms with Crippen molar-refractivity contribution < 1.29 is 13.2 Å². The Labute approximate surface area is 132 Å². The molecule has 2 unspecified atom stereocenters. The van der Waals surface area contributed by atoms with E-state index in [0.717, 1.165) is 29.6 Å². The van der Waals surface area contributed by atoms with Crippen LogP contribution >= 0.6 is 11.3 Å². The maximum atomic E-state index is 12.5. The number of hydrogen-bond donors (Lipinski definition) is 2. The van der Waals surface area contributed by atoms with Crippen molar-refractivity contribution in [3.8, 4) is 0 Å². The Bertz CT molecular complexity index is 512. The summed E-state index contributed by atoms with van der Waals surface area (Å²) in [6.07, 6.45) is -0.898. The second kappa shape index (κ2) is 7.30. The second-order valence-electron chi connectivity index (χ2n) is 5.35. The number of guanidine groups is 1. The van der Waals surface area contributed by atoms with E-state index < -0.39 is 11.9 Å². The van der Waals surface area contributed by atoms with Crippen molar-refractivity contribution in [1.29, 1.82) is 0 Å². The van der Waals surface area contributed by atoms with Crippen LogP contribution in [0.1, 0.15) is 43.8 Å². The molecule has 4 nitrogen and oxygen atoms in total. The van der Waals surface area contributed by atoms with Crippen LogP contribution in [0, 0.1) is 5.92 Å². The highest BCUT2D eigenvalue weighted by molar-refractivity contribution is 7.09. The van der Waals surface area contributed by atoms with Gasteiger partial charge in [0.2, 0.25) is 0 Å². The van der Waals surface area contributed by atoms with E-state index in [1.807, 2.05) is 6.92 Å². The molecule has 0 saturated heterocycles. The van der Waals surface area contributed by atoms with Crippen LogP contribution in [0.2, 0.25) is 0 Å². The lowest BCUT2D eigenvalue weighted by molar-refractivity contribution is -0.140. The fourth-order valence-corrected chi connectivity index (χ4v) is 2.99. The highest BCUT2D eigenvalue weighted by atomic mass is 32.1. The van der Waals surface area contributed by atoms with E-state index in [2.05, 4.69) is 27.5 Å². The van der Waals surface area contributed by atoms with Crippen LogP contribution in [0.3, 0.4) is 0 Å². The Hall–Kier alpha value is -1.31. The van der Waals surface area contributed by atoms with Crippen LogP contribution in [-0.4, -0.2) is 23.5 Å². The molecule has 0 radical (unpaired) electrons. The number of alkyl halides is 3. The molecule has 8 heteroatoms. The maximum Gasteiger partial charge on any atom is 0.434 e. The van der Waals surface area contributed by atoms with Gasteiger partial charge in [-0.25, -0.2) is 9.98 Å². The summed E-state index contributed by atoms with van der Waals surface area (Å²) in [6, 6.07) is 0.430. The summed E-state index contributed by atoms with van der Waals surface area (Å²) in [5.74, 6) is 1.33. The Morgan fingerprint density at radius 1 is 1.45 bits per heavy atom. The summed E-state index contributed by atoms with van der Waals surface area (Å²) in [7, 11) is 0. The van der Waals surface area contributed by atoms with Crippen molar-refractivity contribution in [2.75, 3.05) is 6.54 Å². The third-order valence-electron chi connectivity index (χ3n) is 3.46. The van der Waals surface area contributed by atoms with Gasteiger partial charge in [-0.15, -0.1) is 11.3 Å². The first-order valence-corrected chi connectivity index (χ1v) is 8.38. The summed E-state index contributed by atoms with van der Waals surface area (Å²) >= 11 is 0.986. The van der Waals surface area contributed by atoms with Gasteiger partial charge in [0.15, 0.2) is 11.7 Å². The normalized spacial score (nSPS) is 21.8. The molecule has 1 aromatic rings. The molecule has 0 bridgehead atoms. The van der Waals surface area contributed by atoms with Crippen molar-refractivity contribution in [3.63, 3.8) is 0 Å². The summed E-state index contributed by atoms with van der Waals surface area (Å²) in [5.41, 5.74) is -0.842. The van der Waals surface area contributed by atoms with E-state index in [9.17, 15) is 13.2 Å². The van der Waals surface area contributed by atoms with Crippen LogP contribution in [0.5, 0.6) is 0 Å². The lowest BCUT2D eigenvalue weighted by atomic mass is 10.2. The average molecular weight is 334 g/mol. The molecule has 1 aliphatic carbocycles. The predicted molar refractivity (Wildman–Crippen MR) is 81.9 cm³/mol. The molecule has 0 aromatic carbocycles. The minimum atomic E-state index is -4.39. The minimum Gasteiger partial charge on any atom is -0.357 e. The largest absolute Gasteiger partial charge is 0.434 e. The zero-order chi connectivity index (χ0) is 16.2. The fraction of sp³-hybridized carbons (Fsp3) is 0.714. The molecule has 1 aliphatic rings. The standard InChI is InChI=1S/C14H21F3N4S/c1-3-5-9-6-10(9)20-13(18-4-2)19-7-12-21-11(8-22-12)14(15,16)17/h8-10H,3-7H2,1-2H3,(H2,18,19,20). The quantitative estimate of drug-likeness (QED) is 0.619. The number of aliphatic imine (C=N–C) groups is 1. The van der Waals surface area contributed by atoms with Crippen LogP contribution in [0.25, 0.3) is 0 Å². The van der Waals surface area contributed by atoms with Crippen molar-refractivity contribution in [2.24, 2.45) is 10.9 Å². The van der Waals surface area contributed by atoms with Crippen molar-refractivity contribution in [2.45, 2.75) is 51.9 Å². The Morgan fingerprint density at radius 3 is 2.82 bits per heavy atom. The monoisotopic (exact) mass is 334 g/mol. The van der Waals surface area contributed by atoms with Gasteiger partial charge in [0.1, 0.15) is 5.01 Å². The van der Waals surface area contributed by atoms with E-state index in [1.54, 1.807) is 0 Å². The fourth-order valence-electron chi connectivity index (χ4n) is 2.27. The molecule has 1 heterocycles. The minimum absolute atomic E-state index is 0.154. The zero-order valence-electron chi connectivity index (χ0n) is 12.7. The molecule has 1 fully saturated rings. The first-order chi connectivity index (χ1) is 10.4. The molecule has 22 heavy (non-hydrogen) atoms. The van der Waals surface area contributed by atoms with Crippen LogP contribution in [0.15, 0.2) is 10.4 Å². The Morgan fingerprint density at radius 2 is 2.23 bits per heavy atom. The molecular formula is C14H21F3N4S. The summed E-state index contributed by atoms with van der Waals surface area (Å²) in [5, 5.41) is 7.84. The predicted octanol–water partition coefficient (Wildman–Crippen LogP) is 3.41. The first-order valence-electron chi connectivity index (χ1n) is 7.50. The van der Waals surface area contributed by atoms with Gasteiger partial charge < -0.3 is 10.6 Å². The SMILES string of the molecule is CCCC1CC1NC(=NCc1nc(C(F)(F)F)cs1)NCC. The van der Waals surface area contributed by atoms with Gasteiger partial charge in [-0.3, -0.25) is 0 Å². The molecule has 2 N–H and O–H groups in total.